The number of carbonyl (C=O) groups is 2. The normalized spacial score (nSPS) is 24.4. The van der Waals surface area contributed by atoms with Gasteiger partial charge in [0.2, 0.25) is 0 Å². The number of hydrogen-bond donors (Lipinski definition) is 1. The molecule has 0 radical (unpaired) electrons. The fraction of sp³-hybridized carbons (Fsp3) is 0.600. The first kappa shape index (κ1) is 20.6. The fourth-order valence-corrected chi connectivity index (χ4v) is 5.21. The van der Waals surface area contributed by atoms with Gasteiger partial charge in [-0.25, -0.2) is 18.0 Å². The molecule has 8 heteroatoms. The molecule has 7 nitrogen and oxygen atoms in total. The van der Waals surface area contributed by atoms with Gasteiger partial charge in [0.15, 0.2) is 0 Å². The summed E-state index contributed by atoms with van der Waals surface area (Å²) in [6.07, 6.45) is 1.19. The first-order valence-corrected chi connectivity index (χ1v) is 11.3. The molecule has 1 aliphatic carbocycles. The van der Waals surface area contributed by atoms with E-state index in [4.69, 9.17) is 9.84 Å². The summed E-state index contributed by atoms with van der Waals surface area (Å²) in [4.78, 5) is 25.7. The molecule has 1 saturated carbocycles. The molecule has 2 aliphatic rings. The number of rotatable bonds is 4. The van der Waals surface area contributed by atoms with Crippen molar-refractivity contribution in [2.24, 2.45) is 0 Å². The van der Waals surface area contributed by atoms with Crippen LogP contribution in [0.2, 0.25) is 0 Å². The van der Waals surface area contributed by atoms with E-state index in [1.807, 2.05) is 20.8 Å². The van der Waals surface area contributed by atoms with Crippen molar-refractivity contribution < 1.29 is 27.9 Å². The average molecular weight is 410 g/mol. The Balaban J connectivity index is 1.78. The summed E-state index contributed by atoms with van der Waals surface area (Å²) in [6, 6.07) is 6.48. The molecule has 1 saturated heterocycles. The minimum Gasteiger partial charge on any atom is -0.478 e. The van der Waals surface area contributed by atoms with Gasteiger partial charge in [-0.15, -0.1) is 0 Å². The third-order valence-corrected chi connectivity index (χ3v) is 6.94. The van der Waals surface area contributed by atoms with Gasteiger partial charge >= 0.3 is 12.1 Å². The molecule has 2 atom stereocenters. The molecule has 1 N–H and O–H groups in total. The van der Waals surface area contributed by atoms with Crippen molar-refractivity contribution in [2.45, 2.75) is 63.6 Å². The van der Waals surface area contributed by atoms with Crippen LogP contribution < -0.4 is 0 Å². The van der Waals surface area contributed by atoms with Gasteiger partial charge in [0.05, 0.1) is 17.1 Å². The number of nitrogens with zero attached hydrogens (tertiary/aromatic N) is 1. The first-order valence-electron chi connectivity index (χ1n) is 9.52. The maximum Gasteiger partial charge on any atom is 0.410 e. The summed E-state index contributed by atoms with van der Waals surface area (Å²) in [7, 11) is -3.03. The molecule has 0 spiro atoms. The lowest BCUT2D eigenvalue weighted by Crippen LogP contribution is -2.48. The Kier molecular flexibility index (Phi) is 5.44. The van der Waals surface area contributed by atoms with Crippen LogP contribution in [0, 0.1) is 0 Å². The molecule has 0 aromatic heterocycles. The van der Waals surface area contributed by atoms with Crippen molar-refractivity contribution in [1.29, 1.82) is 0 Å². The highest BCUT2D eigenvalue weighted by molar-refractivity contribution is 7.91. The summed E-state index contributed by atoms with van der Waals surface area (Å²) in [6.45, 7) is 5.43. The molecule has 28 heavy (non-hydrogen) atoms. The van der Waals surface area contributed by atoms with E-state index < -0.39 is 27.5 Å². The Bertz CT molecular complexity index is 842. The zero-order valence-electron chi connectivity index (χ0n) is 16.4. The SMILES string of the molecule is CC(C)(C)OC(=O)N(C1CCS(=O)(=O)CC1)C1CC1c1ccc(C(=O)O)cc1. The Hall–Kier alpha value is -2.09. The van der Waals surface area contributed by atoms with Crippen LogP contribution in [-0.2, 0) is 14.6 Å². The number of amides is 1. The summed E-state index contributed by atoms with van der Waals surface area (Å²) >= 11 is 0. The van der Waals surface area contributed by atoms with E-state index in [0.717, 1.165) is 12.0 Å². The topological polar surface area (TPSA) is 101 Å². The number of carboxylic acids is 1. The van der Waals surface area contributed by atoms with E-state index in [-0.39, 0.29) is 35.1 Å². The van der Waals surface area contributed by atoms with E-state index in [1.54, 1.807) is 29.2 Å². The van der Waals surface area contributed by atoms with Gasteiger partial charge in [-0.2, -0.15) is 0 Å². The quantitative estimate of drug-likeness (QED) is 0.820. The van der Waals surface area contributed by atoms with Crippen molar-refractivity contribution in [3.8, 4) is 0 Å². The average Bonchev–Trinajstić information content (AvgIpc) is 3.35. The van der Waals surface area contributed by atoms with Crippen LogP contribution in [0.3, 0.4) is 0 Å². The van der Waals surface area contributed by atoms with E-state index in [9.17, 15) is 18.0 Å². The van der Waals surface area contributed by atoms with Crippen molar-refractivity contribution in [1.82, 2.24) is 4.90 Å². The van der Waals surface area contributed by atoms with Crippen molar-refractivity contribution in [3.63, 3.8) is 0 Å². The minimum absolute atomic E-state index is 0.0590. The molecule has 1 heterocycles. The number of carbonyl (C=O) groups excluding carboxylic acids is 1. The molecule has 2 fully saturated rings. The second-order valence-electron chi connectivity index (χ2n) is 8.61. The Labute approximate surface area is 165 Å². The maximum atomic E-state index is 12.9. The van der Waals surface area contributed by atoms with Crippen molar-refractivity contribution in [3.05, 3.63) is 35.4 Å². The molecule has 2 unspecified atom stereocenters. The second kappa shape index (κ2) is 7.39. The summed E-state index contributed by atoms with van der Waals surface area (Å²) in [5, 5.41) is 9.05. The zero-order chi connectivity index (χ0) is 20.7. The Morgan fingerprint density at radius 3 is 2.18 bits per heavy atom. The van der Waals surface area contributed by atoms with Crippen LogP contribution in [0.15, 0.2) is 24.3 Å². The van der Waals surface area contributed by atoms with E-state index in [0.29, 0.717) is 12.8 Å². The lowest BCUT2D eigenvalue weighted by molar-refractivity contribution is 0.0123. The van der Waals surface area contributed by atoms with Gasteiger partial charge in [0, 0.05) is 18.0 Å². The number of sulfone groups is 1. The summed E-state index contributed by atoms with van der Waals surface area (Å²) in [5.41, 5.74) is 0.568. The van der Waals surface area contributed by atoms with Gasteiger partial charge in [-0.3, -0.25) is 0 Å². The van der Waals surface area contributed by atoms with Crippen LogP contribution in [-0.4, -0.2) is 59.7 Å². The fourth-order valence-electron chi connectivity index (χ4n) is 3.75. The molecule has 154 valence electrons. The van der Waals surface area contributed by atoms with Crippen molar-refractivity contribution in [2.75, 3.05) is 11.5 Å². The highest BCUT2D eigenvalue weighted by Gasteiger charge is 2.49. The largest absolute Gasteiger partial charge is 0.478 e. The number of benzene rings is 1. The van der Waals surface area contributed by atoms with Crippen LogP contribution >= 0.6 is 0 Å². The highest BCUT2D eigenvalue weighted by atomic mass is 32.2. The van der Waals surface area contributed by atoms with E-state index in [2.05, 4.69) is 0 Å². The smallest absolute Gasteiger partial charge is 0.410 e. The van der Waals surface area contributed by atoms with Crippen LogP contribution in [0.25, 0.3) is 0 Å². The second-order valence-corrected chi connectivity index (χ2v) is 10.9. The van der Waals surface area contributed by atoms with Gasteiger partial charge in [-0.1, -0.05) is 12.1 Å². The molecule has 1 amide bonds. The van der Waals surface area contributed by atoms with Gasteiger partial charge in [-0.05, 0) is 57.7 Å². The molecular formula is C20H27NO6S. The molecule has 1 aromatic carbocycles. The minimum atomic E-state index is -3.03. The lowest BCUT2D eigenvalue weighted by Gasteiger charge is -2.36. The number of carboxylic acid groups (broad SMARTS) is 1. The van der Waals surface area contributed by atoms with Crippen LogP contribution in [0.1, 0.15) is 61.9 Å². The lowest BCUT2D eigenvalue weighted by atomic mass is 10.1. The van der Waals surface area contributed by atoms with Crippen LogP contribution in [0.4, 0.5) is 4.79 Å². The van der Waals surface area contributed by atoms with Gasteiger partial charge in [0.1, 0.15) is 15.4 Å². The number of ether oxygens (including phenoxy) is 1. The third-order valence-electron chi connectivity index (χ3n) is 5.22. The summed E-state index contributed by atoms with van der Waals surface area (Å²) < 4.78 is 29.2. The maximum absolute atomic E-state index is 12.9. The molecular weight excluding hydrogens is 382 g/mol. The van der Waals surface area contributed by atoms with E-state index >= 15 is 0 Å². The van der Waals surface area contributed by atoms with Gasteiger partial charge in [0.25, 0.3) is 0 Å². The Morgan fingerprint density at radius 1 is 1.11 bits per heavy atom. The molecule has 1 aromatic rings. The number of hydrogen-bond acceptors (Lipinski definition) is 5. The van der Waals surface area contributed by atoms with Crippen molar-refractivity contribution >= 4 is 21.9 Å². The zero-order valence-corrected chi connectivity index (χ0v) is 17.2. The van der Waals surface area contributed by atoms with Gasteiger partial charge < -0.3 is 14.7 Å². The van der Waals surface area contributed by atoms with E-state index in [1.165, 1.54) is 0 Å². The predicted octanol–water partition coefficient (Wildman–Crippen LogP) is 3.06. The molecule has 0 bridgehead atoms. The molecule has 1 aliphatic heterocycles. The highest BCUT2D eigenvalue weighted by Crippen LogP contribution is 2.47. The third kappa shape index (κ3) is 4.84. The summed E-state index contributed by atoms with van der Waals surface area (Å²) in [5.74, 6) is -0.699. The molecule has 3 rings (SSSR count). The first-order chi connectivity index (χ1) is 13.0. The Morgan fingerprint density at radius 2 is 1.68 bits per heavy atom. The van der Waals surface area contributed by atoms with Crippen LogP contribution in [0.5, 0.6) is 0 Å². The predicted molar refractivity (Wildman–Crippen MR) is 104 cm³/mol. The standard InChI is InChI=1S/C20H27NO6S/c1-20(2,3)27-19(24)21(15-8-10-28(25,26)11-9-15)17-12-16(17)13-4-6-14(7-5-13)18(22)23/h4-7,15-17H,8-12H2,1-3H3,(H,22,23). The monoisotopic (exact) mass is 409 g/mol. The number of aromatic carboxylic acids is 1.